The molecule has 0 aromatic heterocycles. The lowest BCUT2D eigenvalue weighted by molar-refractivity contribution is -0.139. The average molecular weight is 273 g/mol. The second-order valence-electron chi connectivity index (χ2n) is 5.51. The van der Waals surface area contributed by atoms with Crippen LogP contribution in [0.2, 0.25) is 0 Å². The summed E-state index contributed by atoms with van der Waals surface area (Å²) in [6, 6.07) is -1.43. The van der Waals surface area contributed by atoms with Crippen molar-refractivity contribution >= 4 is 12.0 Å². The molecule has 1 aliphatic rings. The zero-order valence-electron chi connectivity index (χ0n) is 11.7. The number of nitrogens with one attached hydrogen (secondary N) is 1. The molecule has 1 fully saturated rings. The van der Waals surface area contributed by atoms with E-state index in [1.165, 1.54) is 0 Å². The minimum absolute atomic E-state index is 0.0121. The molecule has 0 aliphatic carbocycles. The molecule has 1 rings (SSSR count). The third kappa shape index (κ3) is 4.07. The van der Waals surface area contributed by atoms with Gasteiger partial charge in [0.2, 0.25) is 0 Å². The van der Waals surface area contributed by atoms with Crippen molar-refractivity contribution in [3.63, 3.8) is 0 Å². The monoisotopic (exact) mass is 273 g/mol. The van der Waals surface area contributed by atoms with Gasteiger partial charge in [-0.05, 0) is 20.9 Å². The Kier molecular flexibility index (Phi) is 5.13. The highest BCUT2D eigenvalue weighted by Gasteiger charge is 2.34. The highest BCUT2D eigenvalue weighted by molar-refractivity contribution is 5.82. The fourth-order valence-electron chi connectivity index (χ4n) is 2.04. The normalized spacial score (nSPS) is 20.9. The van der Waals surface area contributed by atoms with E-state index in [2.05, 4.69) is 10.2 Å². The number of amides is 2. The molecular formula is C12H23N3O4. The van der Waals surface area contributed by atoms with E-state index in [4.69, 9.17) is 10.2 Å². The lowest BCUT2D eigenvalue weighted by atomic mass is 10.00. The summed E-state index contributed by atoms with van der Waals surface area (Å²) in [5.74, 6) is -1.13. The number of carboxylic acid groups (broad SMARTS) is 1. The maximum Gasteiger partial charge on any atom is 0.326 e. The van der Waals surface area contributed by atoms with Crippen molar-refractivity contribution in [2.24, 2.45) is 0 Å². The quantitative estimate of drug-likeness (QED) is 0.645. The molecule has 19 heavy (non-hydrogen) atoms. The van der Waals surface area contributed by atoms with Crippen molar-refractivity contribution in [1.29, 1.82) is 0 Å². The Bertz CT molecular complexity index is 346. The summed E-state index contributed by atoms with van der Waals surface area (Å²) < 4.78 is 0. The molecule has 0 spiro atoms. The molecule has 1 atom stereocenters. The minimum Gasteiger partial charge on any atom is -0.480 e. The highest BCUT2D eigenvalue weighted by atomic mass is 16.4. The van der Waals surface area contributed by atoms with Gasteiger partial charge in [-0.2, -0.15) is 0 Å². The minimum atomic E-state index is -1.13. The molecule has 3 N–H and O–H groups in total. The smallest absolute Gasteiger partial charge is 0.326 e. The first-order valence-electron chi connectivity index (χ1n) is 6.38. The number of aliphatic hydroxyl groups is 1. The van der Waals surface area contributed by atoms with E-state index in [9.17, 15) is 9.59 Å². The number of aliphatic hydroxyl groups excluding tert-OH is 1. The van der Waals surface area contributed by atoms with Crippen LogP contribution in [-0.4, -0.2) is 76.9 Å². The van der Waals surface area contributed by atoms with Gasteiger partial charge >= 0.3 is 12.0 Å². The van der Waals surface area contributed by atoms with E-state index in [0.29, 0.717) is 13.1 Å². The largest absolute Gasteiger partial charge is 0.480 e. The van der Waals surface area contributed by atoms with Crippen molar-refractivity contribution in [2.45, 2.75) is 31.8 Å². The number of rotatable bonds is 4. The van der Waals surface area contributed by atoms with Crippen LogP contribution in [0.1, 0.15) is 20.3 Å². The van der Waals surface area contributed by atoms with Gasteiger partial charge in [0.25, 0.3) is 0 Å². The predicted octanol–water partition coefficient (Wildman–Crippen LogP) is -0.442. The SMILES string of the molecule is CN1CCN(C(=O)N[C@@H](CCO)C(=O)O)CC1(C)C. The zero-order chi connectivity index (χ0) is 14.6. The van der Waals surface area contributed by atoms with E-state index in [1.54, 1.807) is 4.90 Å². The third-order valence-electron chi connectivity index (χ3n) is 3.62. The standard InChI is InChI=1S/C12H23N3O4/c1-12(2)8-15(6-5-14(12)3)11(19)13-9(4-7-16)10(17)18/h9,16H,4-8H2,1-3H3,(H,13,19)(H,17,18)/t9-/m0/s1. The Hall–Kier alpha value is -1.34. The van der Waals surface area contributed by atoms with Crippen LogP contribution in [0.3, 0.4) is 0 Å². The lowest BCUT2D eigenvalue weighted by Gasteiger charge is -2.45. The molecule has 1 heterocycles. The second kappa shape index (κ2) is 6.21. The first-order chi connectivity index (χ1) is 8.77. The maximum absolute atomic E-state index is 12.0. The molecule has 0 aromatic carbocycles. The van der Waals surface area contributed by atoms with E-state index in [1.807, 2.05) is 20.9 Å². The van der Waals surface area contributed by atoms with Crippen LogP contribution >= 0.6 is 0 Å². The summed E-state index contributed by atoms with van der Waals surface area (Å²) in [7, 11) is 2.00. The topological polar surface area (TPSA) is 93.1 Å². The van der Waals surface area contributed by atoms with Crippen molar-refractivity contribution in [3.8, 4) is 0 Å². The van der Waals surface area contributed by atoms with Crippen LogP contribution in [0.4, 0.5) is 4.79 Å². The Morgan fingerprint density at radius 3 is 2.47 bits per heavy atom. The number of carbonyl (C=O) groups is 2. The van der Waals surface area contributed by atoms with E-state index in [0.717, 1.165) is 6.54 Å². The number of urea groups is 1. The Morgan fingerprint density at radius 1 is 1.37 bits per heavy atom. The van der Waals surface area contributed by atoms with Gasteiger partial charge < -0.3 is 20.4 Å². The Balaban J connectivity index is 2.60. The Labute approximate surface area is 113 Å². The third-order valence-corrected chi connectivity index (χ3v) is 3.62. The van der Waals surface area contributed by atoms with E-state index in [-0.39, 0.29) is 24.6 Å². The molecule has 0 radical (unpaired) electrons. The molecular weight excluding hydrogens is 250 g/mol. The molecule has 1 saturated heterocycles. The number of likely N-dealkylation sites (N-methyl/N-ethyl adjacent to an activating group) is 1. The summed E-state index contributed by atoms with van der Waals surface area (Å²) in [4.78, 5) is 26.8. The van der Waals surface area contributed by atoms with Crippen molar-refractivity contribution in [3.05, 3.63) is 0 Å². The number of nitrogens with zero attached hydrogens (tertiary/aromatic N) is 2. The van der Waals surface area contributed by atoms with Crippen LogP contribution in [0.5, 0.6) is 0 Å². The predicted molar refractivity (Wildman–Crippen MR) is 69.9 cm³/mol. The van der Waals surface area contributed by atoms with Gasteiger partial charge in [0.15, 0.2) is 0 Å². The van der Waals surface area contributed by atoms with Crippen LogP contribution in [-0.2, 0) is 4.79 Å². The number of carboxylic acids is 1. The van der Waals surface area contributed by atoms with E-state index < -0.39 is 12.0 Å². The van der Waals surface area contributed by atoms with Crippen LogP contribution in [0.25, 0.3) is 0 Å². The molecule has 7 nitrogen and oxygen atoms in total. The zero-order valence-corrected chi connectivity index (χ0v) is 11.7. The first-order valence-corrected chi connectivity index (χ1v) is 6.38. The van der Waals surface area contributed by atoms with Gasteiger partial charge in [-0.1, -0.05) is 0 Å². The van der Waals surface area contributed by atoms with Crippen molar-refractivity contribution in [2.75, 3.05) is 33.3 Å². The number of piperazine rings is 1. The molecule has 110 valence electrons. The van der Waals surface area contributed by atoms with Gasteiger partial charge in [0.1, 0.15) is 6.04 Å². The Morgan fingerprint density at radius 2 is 2.00 bits per heavy atom. The molecule has 2 amide bonds. The summed E-state index contributed by atoms with van der Waals surface area (Å²) in [6.07, 6.45) is 0.0121. The summed E-state index contributed by atoms with van der Waals surface area (Å²) in [5, 5.41) is 20.2. The molecule has 7 heteroatoms. The fraction of sp³-hybridized carbons (Fsp3) is 0.833. The molecule has 0 unspecified atom stereocenters. The van der Waals surface area contributed by atoms with Crippen LogP contribution in [0.15, 0.2) is 0 Å². The maximum atomic E-state index is 12.0. The van der Waals surface area contributed by atoms with Gasteiger partial charge in [-0.25, -0.2) is 9.59 Å². The number of aliphatic carboxylic acids is 1. The second-order valence-corrected chi connectivity index (χ2v) is 5.51. The van der Waals surface area contributed by atoms with Gasteiger partial charge in [-0.15, -0.1) is 0 Å². The summed E-state index contributed by atoms with van der Waals surface area (Å²) in [6.45, 7) is 5.66. The van der Waals surface area contributed by atoms with Crippen LogP contribution < -0.4 is 5.32 Å². The first kappa shape index (κ1) is 15.7. The lowest BCUT2D eigenvalue weighted by Crippen LogP contribution is -2.61. The van der Waals surface area contributed by atoms with Gasteiger partial charge in [0.05, 0.1) is 0 Å². The number of hydrogen-bond acceptors (Lipinski definition) is 4. The molecule has 0 bridgehead atoms. The van der Waals surface area contributed by atoms with Gasteiger partial charge in [-0.3, -0.25) is 4.90 Å². The molecule has 1 aliphatic heterocycles. The van der Waals surface area contributed by atoms with Crippen molar-refractivity contribution in [1.82, 2.24) is 15.1 Å². The average Bonchev–Trinajstić information content (AvgIpc) is 2.31. The number of hydrogen-bond donors (Lipinski definition) is 3. The van der Waals surface area contributed by atoms with Crippen molar-refractivity contribution < 1.29 is 19.8 Å². The summed E-state index contributed by atoms with van der Waals surface area (Å²) >= 11 is 0. The summed E-state index contributed by atoms with van der Waals surface area (Å²) in [5.41, 5.74) is -0.134. The molecule has 0 saturated carbocycles. The van der Waals surface area contributed by atoms with E-state index >= 15 is 0 Å². The van der Waals surface area contributed by atoms with Gasteiger partial charge in [0, 0.05) is 38.2 Å². The highest BCUT2D eigenvalue weighted by Crippen LogP contribution is 2.18. The van der Waals surface area contributed by atoms with Crippen LogP contribution in [0, 0.1) is 0 Å². The number of carbonyl (C=O) groups excluding carboxylic acids is 1. The fourth-order valence-corrected chi connectivity index (χ4v) is 2.04. The molecule has 0 aromatic rings.